The molecule has 1 fully saturated rings. The second-order valence-corrected chi connectivity index (χ2v) is 6.40. The maximum absolute atomic E-state index is 13.0. The molecule has 2 N–H and O–H groups in total. The fourth-order valence-electron chi connectivity index (χ4n) is 3.52. The number of likely N-dealkylation sites (tertiary alicyclic amines) is 1. The summed E-state index contributed by atoms with van der Waals surface area (Å²) >= 11 is 0. The number of nitrogens with zero attached hydrogens (tertiary/aromatic N) is 2. The number of aromatic amines is 2. The van der Waals surface area contributed by atoms with Crippen LogP contribution in [0.25, 0.3) is 11.0 Å². The van der Waals surface area contributed by atoms with Gasteiger partial charge in [-0.2, -0.15) is 0 Å². The highest BCUT2D eigenvalue weighted by atomic mass is 16.2. The molecule has 124 valence electrons. The Kier molecular flexibility index (Phi) is 3.84. The van der Waals surface area contributed by atoms with Crippen LogP contribution < -0.4 is 0 Å². The molecule has 1 aromatic carbocycles. The first-order valence-electron chi connectivity index (χ1n) is 8.69. The van der Waals surface area contributed by atoms with E-state index < -0.39 is 0 Å². The van der Waals surface area contributed by atoms with Gasteiger partial charge in [-0.3, -0.25) is 4.79 Å². The summed E-state index contributed by atoms with van der Waals surface area (Å²) in [6.45, 7) is 2.86. The van der Waals surface area contributed by atoms with Crippen LogP contribution in [0.1, 0.15) is 54.2 Å². The number of benzene rings is 1. The van der Waals surface area contributed by atoms with Crippen LogP contribution in [0.3, 0.4) is 0 Å². The van der Waals surface area contributed by atoms with Crippen molar-refractivity contribution in [3.63, 3.8) is 0 Å². The summed E-state index contributed by atoms with van der Waals surface area (Å²) in [4.78, 5) is 26.3. The zero-order valence-corrected chi connectivity index (χ0v) is 13.9. The largest absolute Gasteiger partial charge is 0.354 e. The predicted molar refractivity (Wildman–Crippen MR) is 93.9 cm³/mol. The Morgan fingerprint density at radius 3 is 2.88 bits per heavy atom. The van der Waals surface area contributed by atoms with Crippen LogP contribution >= 0.6 is 0 Å². The summed E-state index contributed by atoms with van der Waals surface area (Å²) in [5.41, 5.74) is 3.75. The van der Waals surface area contributed by atoms with Crippen LogP contribution in [0, 0.1) is 0 Å². The topological polar surface area (TPSA) is 64.8 Å². The number of aromatic nitrogens is 3. The number of hydrogen-bond acceptors (Lipinski definition) is 2. The first-order chi connectivity index (χ1) is 11.8. The van der Waals surface area contributed by atoms with Gasteiger partial charge in [-0.25, -0.2) is 4.98 Å². The number of carbonyl (C=O) groups is 1. The molecular weight excluding hydrogens is 300 g/mol. The summed E-state index contributed by atoms with van der Waals surface area (Å²) in [6, 6.07) is 11.9. The van der Waals surface area contributed by atoms with E-state index in [1.165, 1.54) is 0 Å². The molecule has 1 unspecified atom stereocenters. The van der Waals surface area contributed by atoms with E-state index >= 15 is 0 Å². The summed E-state index contributed by atoms with van der Waals surface area (Å²) in [7, 11) is 0. The van der Waals surface area contributed by atoms with E-state index in [1.54, 1.807) is 0 Å². The summed E-state index contributed by atoms with van der Waals surface area (Å²) in [5.74, 6) is 0.964. The second-order valence-electron chi connectivity index (χ2n) is 6.40. The maximum atomic E-state index is 13.0. The molecule has 2 aromatic heterocycles. The maximum Gasteiger partial charge on any atom is 0.270 e. The number of aryl methyl sites for hydroxylation is 1. The Labute approximate surface area is 141 Å². The minimum absolute atomic E-state index is 0.0204. The zero-order chi connectivity index (χ0) is 16.5. The minimum Gasteiger partial charge on any atom is -0.354 e. The molecule has 0 saturated carbocycles. The number of imidazole rings is 1. The SMILES string of the molecule is CCc1ccc(C(=O)N2CCCCC2c2nc3ccccc3[nH]2)[nH]1. The number of para-hydroxylation sites is 2. The van der Waals surface area contributed by atoms with Gasteiger partial charge in [-0.1, -0.05) is 19.1 Å². The quantitative estimate of drug-likeness (QED) is 0.770. The van der Waals surface area contributed by atoms with Gasteiger partial charge >= 0.3 is 0 Å². The van der Waals surface area contributed by atoms with Crippen molar-refractivity contribution in [2.75, 3.05) is 6.54 Å². The lowest BCUT2D eigenvalue weighted by molar-refractivity contribution is 0.0596. The van der Waals surface area contributed by atoms with Crippen molar-refractivity contribution in [2.45, 2.75) is 38.6 Å². The van der Waals surface area contributed by atoms with Crippen LogP contribution in [-0.4, -0.2) is 32.3 Å². The highest BCUT2D eigenvalue weighted by Crippen LogP contribution is 2.31. The van der Waals surface area contributed by atoms with Crippen molar-refractivity contribution in [3.8, 4) is 0 Å². The smallest absolute Gasteiger partial charge is 0.270 e. The van der Waals surface area contributed by atoms with Crippen molar-refractivity contribution in [3.05, 3.63) is 53.6 Å². The molecule has 3 heterocycles. The van der Waals surface area contributed by atoms with E-state index in [0.29, 0.717) is 5.69 Å². The number of hydrogen-bond donors (Lipinski definition) is 2. The number of rotatable bonds is 3. The van der Waals surface area contributed by atoms with Gasteiger partial charge in [-0.05, 0) is 49.9 Å². The standard InChI is InChI=1S/C19H22N4O/c1-2-13-10-11-16(20-13)19(24)23-12-6-5-9-17(23)18-21-14-7-3-4-8-15(14)22-18/h3-4,7-8,10-11,17,20H,2,5-6,9,12H2,1H3,(H,21,22). The molecule has 0 spiro atoms. The average molecular weight is 322 g/mol. The zero-order valence-electron chi connectivity index (χ0n) is 13.9. The van der Waals surface area contributed by atoms with Gasteiger partial charge in [0.1, 0.15) is 11.5 Å². The number of nitrogens with one attached hydrogen (secondary N) is 2. The van der Waals surface area contributed by atoms with E-state index in [0.717, 1.165) is 54.8 Å². The van der Waals surface area contributed by atoms with Crippen LogP contribution in [0.5, 0.6) is 0 Å². The summed E-state index contributed by atoms with van der Waals surface area (Å²) in [5, 5.41) is 0. The van der Waals surface area contributed by atoms with Crippen LogP contribution in [0.2, 0.25) is 0 Å². The molecule has 1 saturated heterocycles. The monoisotopic (exact) mass is 322 g/mol. The summed E-state index contributed by atoms with van der Waals surface area (Å²) < 4.78 is 0. The molecule has 1 aliphatic rings. The van der Waals surface area contributed by atoms with Crippen molar-refractivity contribution in [1.29, 1.82) is 0 Å². The Morgan fingerprint density at radius 2 is 2.08 bits per heavy atom. The Balaban J connectivity index is 1.66. The number of carbonyl (C=O) groups excluding carboxylic acids is 1. The van der Waals surface area contributed by atoms with Gasteiger partial charge in [0.15, 0.2) is 0 Å². The fraction of sp³-hybridized carbons (Fsp3) is 0.368. The number of amides is 1. The first kappa shape index (κ1) is 15.0. The van der Waals surface area contributed by atoms with Gasteiger partial charge in [0, 0.05) is 12.2 Å². The van der Waals surface area contributed by atoms with E-state index in [2.05, 4.69) is 16.9 Å². The van der Waals surface area contributed by atoms with Crippen LogP contribution in [-0.2, 0) is 6.42 Å². The van der Waals surface area contributed by atoms with Gasteiger partial charge in [0.25, 0.3) is 5.91 Å². The lowest BCUT2D eigenvalue weighted by Crippen LogP contribution is -2.39. The van der Waals surface area contributed by atoms with E-state index in [9.17, 15) is 4.79 Å². The molecule has 24 heavy (non-hydrogen) atoms. The lowest BCUT2D eigenvalue weighted by Gasteiger charge is -2.34. The molecule has 0 bridgehead atoms. The molecule has 5 nitrogen and oxygen atoms in total. The Bertz CT molecular complexity index is 830. The van der Waals surface area contributed by atoms with E-state index in [-0.39, 0.29) is 11.9 Å². The highest BCUT2D eigenvalue weighted by Gasteiger charge is 2.31. The fourth-order valence-corrected chi connectivity index (χ4v) is 3.52. The minimum atomic E-state index is 0.0204. The molecule has 4 rings (SSSR count). The molecule has 1 amide bonds. The third-order valence-electron chi connectivity index (χ3n) is 4.84. The van der Waals surface area contributed by atoms with E-state index in [1.807, 2.05) is 41.3 Å². The van der Waals surface area contributed by atoms with Gasteiger partial charge in [0.2, 0.25) is 0 Å². The van der Waals surface area contributed by atoms with E-state index in [4.69, 9.17) is 4.98 Å². The predicted octanol–water partition coefficient (Wildman–Crippen LogP) is 3.82. The lowest BCUT2D eigenvalue weighted by atomic mass is 10.0. The van der Waals surface area contributed by atoms with Gasteiger partial charge in [0.05, 0.1) is 17.1 Å². The molecule has 0 radical (unpaired) electrons. The summed E-state index contributed by atoms with van der Waals surface area (Å²) in [6.07, 6.45) is 4.02. The molecule has 1 aliphatic heterocycles. The Hall–Kier alpha value is -2.56. The van der Waals surface area contributed by atoms with Crippen molar-refractivity contribution >= 4 is 16.9 Å². The third-order valence-corrected chi connectivity index (χ3v) is 4.84. The second kappa shape index (κ2) is 6.15. The molecular formula is C19H22N4O. The number of fused-ring (bicyclic) bond motifs is 1. The molecule has 1 atom stereocenters. The van der Waals surface area contributed by atoms with Gasteiger partial charge in [-0.15, -0.1) is 0 Å². The highest BCUT2D eigenvalue weighted by molar-refractivity contribution is 5.93. The van der Waals surface area contributed by atoms with Gasteiger partial charge < -0.3 is 14.9 Å². The molecule has 3 aromatic rings. The molecule has 0 aliphatic carbocycles. The number of H-pyrrole nitrogens is 2. The van der Waals surface area contributed by atoms with Crippen LogP contribution in [0.4, 0.5) is 0 Å². The first-order valence-corrected chi connectivity index (χ1v) is 8.69. The normalized spacial score (nSPS) is 18.2. The number of piperidine rings is 1. The Morgan fingerprint density at radius 1 is 1.21 bits per heavy atom. The average Bonchev–Trinajstić information content (AvgIpc) is 3.27. The van der Waals surface area contributed by atoms with Crippen molar-refractivity contribution < 1.29 is 4.79 Å². The molecule has 5 heteroatoms. The van der Waals surface area contributed by atoms with Crippen molar-refractivity contribution in [1.82, 2.24) is 19.9 Å². The third kappa shape index (κ3) is 2.60. The van der Waals surface area contributed by atoms with Crippen LogP contribution in [0.15, 0.2) is 36.4 Å². The van der Waals surface area contributed by atoms with Crippen molar-refractivity contribution in [2.24, 2.45) is 0 Å².